The van der Waals surface area contributed by atoms with E-state index < -0.39 is 14.1 Å². The van der Waals surface area contributed by atoms with Crippen LogP contribution in [0.5, 0.6) is 0 Å². The molecule has 0 bridgehead atoms. The average Bonchev–Trinajstić information content (AvgIpc) is 2.62. The molecule has 1 spiro atoms. The molecule has 0 unspecified atom stereocenters. The molecule has 2 fully saturated rings. The van der Waals surface area contributed by atoms with Crippen LogP contribution in [0.15, 0.2) is 6.20 Å². The molecule has 0 N–H and O–H groups in total. The first-order valence-electron chi connectivity index (χ1n) is 10.5. The van der Waals surface area contributed by atoms with E-state index in [2.05, 4.69) is 53.7 Å². The summed E-state index contributed by atoms with van der Waals surface area (Å²) in [5.41, 5.74) is 0.338. The first kappa shape index (κ1) is 22.2. The van der Waals surface area contributed by atoms with Crippen LogP contribution in [0.1, 0.15) is 46.5 Å². The van der Waals surface area contributed by atoms with Gasteiger partial charge in [0.15, 0.2) is 19.3 Å². The maximum absolute atomic E-state index is 14.5. The number of piperidine rings is 1. The lowest BCUT2D eigenvalue weighted by molar-refractivity contribution is -0.0314. The standard InChI is InChI=1S/C21H29Cl2FN4OSi/c1-20(2,3)30(4,5)29-13-9-21(10-13)7-6-8-28(12-21)18-14-11-25-17(22)15(24)16(14)26-19(23)27-18/h11,13H,6-10,12H2,1-5H3. The van der Waals surface area contributed by atoms with E-state index in [0.29, 0.717) is 17.3 Å². The number of halogens is 3. The van der Waals surface area contributed by atoms with Crippen LogP contribution < -0.4 is 4.90 Å². The van der Waals surface area contributed by atoms with Gasteiger partial charge in [0.05, 0.1) is 5.39 Å². The highest BCUT2D eigenvalue weighted by Crippen LogP contribution is 2.52. The Morgan fingerprint density at radius 2 is 1.93 bits per heavy atom. The SMILES string of the molecule is CC(C)(C)[Si](C)(C)OC1CC2(CCCN(c3nc(Cl)nc4c(F)c(Cl)ncc34)C2)C1. The van der Waals surface area contributed by atoms with Gasteiger partial charge in [-0.25, -0.2) is 14.4 Å². The van der Waals surface area contributed by atoms with Gasteiger partial charge in [0.2, 0.25) is 5.28 Å². The first-order chi connectivity index (χ1) is 13.9. The molecule has 2 aliphatic rings. The zero-order valence-electron chi connectivity index (χ0n) is 18.2. The summed E-state index contributed by atoms with van der Waals surface area (Å²) in [6.07, 6.45) is 6.22. The number of hydrogen-bond acceptors (Lipinski definition) is 5. The molecule has 2 aromatic rings. The molecule has 1 saturated carbocycles. The zero-order chi connectivity index (χ0) is 21.9. The van der Waals surface area contributed by atoms with Gasteiger partial charge in [-0.05, 0) is 60.8 Å². The molecule has 5 nitrogen and oxygen atoms in total. The van der Waals surface area contributed by atoms with Gasteiger partial charge in [-0.3, -0.25) is 0 Å². The minimum Gasteiger partial charge on any atom is -0.414 e. The van der Waals surface area contributed by atoms with Crippen LogP contribution >= 0.6 is 23.2 Å². The van der Waals surface area contributed by atoms with Gasteiger partial charge in [-0.2, -0.15) is 4.98 Å². The van der Waals surface area contributed by atoms with Crippen LogP contribution in [0.3, 0.4) is 0 Å². The summed E-state index contributed by atoms with van der Waals surface area (Å²) in [6, 6.07) is 0. The van der Waals surface area contributed by atoms with Crippen molar-refractivity contribution < 1.29 is 8.82 Å². The predicted molar refractivity (Wildman–Crippen MR) is 122 cm³/mol. The molecule has 0 amide bonds. The van der Waals surface area contributed by atoms with E-state index in [1.165, 1.54) is 12.6 Å². The minimum absolute atomic E-state index is 0.0195. The Bertz CT molecular complexity index is 976. The van der Waals surface area contributed by atoms with Crippen LogP contribution in [-0.2, 0) is 4.43 Å². The Morgan fingerprint density at radius 1 is 1.23 bits per heavy atom. The quantitative estimate of drug-likeness (QED) is 0.301. The fraction of sp³-hybridized carbons (Fsp3) is 0.667. The summed E-state index contributed by atoms with van der Waals surface area (Å²) in [5, 5.41) is 0.573. The first-order valence-corrected chi connectivity index (χ1v) is 14.2. The molecular weight excluding hydrogens is 442 g/mol. The van der Waals surface area contributed by atoms with Crippen molar-refractivity contribution in [3.63, 3.8) is 0 Å². The van der Waals surface area contributed by atoms with E-state index in [1.54, 1.807) is 0 Å². The number of hydrogen-bond donors (Lipinski definition) is 0. The maximum atomic E-state index is 14.5. The van der Waals surface area contributed by atoms with Gasteiger partial charge in [-0.15, -0.1) is 0 Å². The second kappa shape index (κ2) is 7.54. The highest BCUT2D eigenvalue weighted by atomic mass is 35.5. The van der Waals surface area contributed by atoms with Gasteiger partial charge >= 0.3 is 0 Å². The average molecular weight is 471 g/mol. The van der Waals surface area contributed by atoms with E-state index in [9.17, 15) is 4.39 Å². The second-order valence-electron chi connectivity index (χ2n) is 10.4. The van der Waals surface area contributed by atoms with Crippen LogP contribution in [0.2, 0.25) is 28.6 Å². The van der Waals surface area contributed by atoms with E-state index in [1.807, 2.05) is 0 Å². The summed E-state index contributed by atoms with van der Waals surface area (Å²) in [7, 11) is -1.77. The molecule has 9 heteroatoms. The van der Waals surface area contributed by atoms with E-state index in [4.69, 9.17) is 27.6 Å². The highest BCUT2D eigenvalue weighted by Gasteiger charge is 2.50. The van der Waals surface area contributed by atoms with Crippen molar-refractivity contribution in [2.45, 2.75) is 70.7 Å². The van der Waals surface area contributed by atoms with Gasteiger partial charge in [0.25, 0.3) is 0 Å². The predicted octanol–water partition coefficient (Wildman–Crippen LogP) is 6.24. The van der Waals surface area contributed by atoms with Gasteiger partial charge in [-0.1, -0.05) is 32.4 Å². The molecule has 0 atom stereocenters. The Balaban J connectivity index is 1.54. The van der Waals surface area contributed by atoms with E-state index in [0.717, 1.165) is 32.4 Å². The summed E-state index contributed by atoms with van der Waals surface area (Å²) in [6.45, 7) is 13.2. The third-order valence-corrected chi connectivity index (χ3v) is 12.1. The number of rotatable bonds is 3. The van der Waals surface area contributed by atoms with Crippen molar-refractivity contribution in [3.8, 4) is 0 Å². The lowest BCUT2D eigenvalue weighted by Gasteiger charge is -2.55. The van der Waals surface area contributed by atoms with E-state index >= 15 is 0 Å². The molecule has 164 valence electrons. The number of anilines is 1. The Hall–Kier alpha value is -1.02. The van der Waals surface area contributed by atoms with Crippen molar-refractivity contribution in [2.75, 3.05) is 18.0 Å². The molecule has 30 heavy (non-hydrogen) atoms. The number of pyridine rings is 1. The summed E-state index contributed by atoms with van der Waals surface area (Å²) >= 11 is 12.0. The summed E-state index contributed by atoms with van der Waals surface area (Å²) in [5.74, 6) is -0.0150. The minimum atomic E-state index is -1.77. The third kappa shape index (κ3) is 3.94. The van der Waals surface area contributed by atoms with Crippen LogP contribution in [0.4, 0.5) is 10.2 Å². The normalized spacial score (nSPS) is 25.1. The molecule has 0 radical (unpaired) electrons. The highest BCUT2D eigenvalue weighted by molar-refractivity contribution is 6.74. The van der Waals surface area contributed by atoms with Gasteiger partial charge in [0.1, 0.15) is 11.3 Å². The summed E-state index contributed by atoms with van der Waals surface area (Å²) < 4.78 is 21.1. The van der Waals surface area contributed by atoms with E-state index in [-0.39, 0.29) is 26.4 Å². The fourth-order valence-electron chi connectivity index (χ4n) is 4.54. The van der Waals surface area contributed by atoms with Crippen molar-refractivity contribution >= 4 is 48.2 Å². The van der Waals surface area contributed by atoms with Crippen LogP contribution in [0, 0.1) is 11.2 Å². The van der Waals surface area contributed by atoms with Gasteiger partial charge in [0, 0.05) is 25.4 Å². The third-order valence-electron chi connectivity index (χ3n) is 7.14. The number of aromatic nitrogens is 3. The maximum Gasteiger partial charge on any atom is 0.225 e. The topological polar surface area (TPSA) is 51.1 Å². The van der Waals surface area contributed by atoms with Gasteiger partial charge < -0.3 is 9.33 Å². The Kier molecular flexibility index (Phi) is 5.57. The molecule has 2 aromatic heterocycles. The largest absolute Gasteiger partial charge is 0.414 e. The number of nitrogens with zero attached hydrogens (tertiary/aromatic N) is 4. The fourth-order valence-corrected chi connectivity index (χ4v) is 6.20. The van der Waals surface area contributed by atoms with Crippen molar-refractivity contribution in [2.24, 2.45) is 5.41 Å². The molecule has 3 heterocycles. The summed E-state index contributed by atoms with van der Waals surface area (Å²) in [4.78, 5) is 14.7. The van der Waals surface area contributed by atoms with Crippen molar-refractivity contribution in [3.05, 3.63) is 22.5 Å². The number of fused-ring (bicyclic) bond motifs is 1. The monoisotopic (exact) mass is 470 g/mol. The molecular formula is C21H29Cl2FN4OSi. The molecule has 1 aliphatic heterocycles. The smallest absolute Gasteiger partial charge is 0.225 e. The lowest BCUT2D eigenvalue weighted by Crippen LogP contribution is -2.56. The van der Waals surface area contributed by atoms with Crippen LogP contribution in [0.25, 0.3) is 10.9 Å². The molecule has 4 rings (SSSR count). The zero-order valence-corrected chi connectivity index (χ0v) is 20.7. The second-order valence-corrected chi connectivity index (χ2v) is 15.8. The Labute approximate surface area is 188 Å². The Morgan fingerprint density at radius 3 is 2.60 bits per heavy atom. The van der Waals surface area contributed by atoms with Crippen molar-refractivity contribution in [1.29, 1.82) is 0 Å². The van der Waals surface area contributed by atoms with Crippen molar-refractivity contribution in [1.82, 2.24) is 15.0 Å². The lowest BCUT2D eigenvalue weighted by atomic mass is 9.62. The molecule has 0 aromatic carbocycles. The molecule has 1 saturated heterocycles. The van der Waals surface area contributed by atoms with Crippen LogP contribution in [-0.4, -0.2) is 42.5 Å². The molecule has 1 aliphatic carbocycles.